The first-order chi connectivity index (χ1) is 15.1. The van der Waals surface area contributed by atoms with Crippen LogP contribution in [0.4, 0.5) is 11.4 Å². The van der Waals surface area contributed by atoms with Crippen molar-refractivity contribution >= 4 is 23.1 Å². The number of para-hydroxylation sites is 1. The quantitative estimate of drug-likeness (QED) is 0.495. The van der Waals surface area contributed by atoms with Crippen molar-refractivity contribution in [1.29, 1.82) is 0 Å². The maximum atomic E-state index is 13.5. The molecule has 0 radical (unpaired) electrons. The monoisotopic (exact) mass is 434 g/mol. The summed E-state index contributed by atoms with van der Waals surface area (Å²) in [5.74, 6) is -0.126. The first kappa shape index (κ1) is 21.7. The number of ether oxygens (including phenoxy) is 1. The fraction of sp³-hybridized carbons (Fsp3) is 0.360. The number of aryl methyl sites for hydroxylation is 1. The average molecular weight is 434 g/mol. The number of Topliss-reactive ketones (excluding diaryl/α,β-unsaturated/α-hetero) is 1. The van der Waals surface area contributed by atoms with Crippen molar-refractivity contribution in [3.63, 3.8) is 0 Å². The molecule has 1 amide bonds. The average Bonchev–Trinajstić information content (AvgIpc) is 2.72. The Labute approximate surface area is 186 Å². The van der Waals surface area contributed by atoms with Gasteiger partial charge in [-0.3, -0.25) is 24.6 Å². The zero-order valence-corrected chi connectivity index (χ0v) is 18.7. The third-order valence-electron chi connectivity index (χ3n) is 6.23. The number of rotatable bonds is 4. The highest BCUT2D eigenvalue weighted by Gasteiger charge is 2.46. The molecule has 0 spiro atoms. The van der Waals surface area contributed by atoms with Crippen molar-refractivity contribution in [3.8, 4) is 5.75 Å². The molecule has 1 aliphatic carbocycles. The molecule has 1 unspecified atom stereocenters. The molecule has 0 saturated carbocycles. The molecular weight excluding hydrogens is 408 g/mol. The Bertz CT molecular complexity index is 1160. The molecule has 4 rings (SSSR count). The Morgan fingerprint density at radius 1 is 1.12 bits per heavy atom. The Hall–Kier alpha value is -3.48. The summed E-state index contributed by atoms with van der Waals surface area (Å²) < 4.78 is 5.52. The number of nitro groups is 1. The predicted molar refractivity (Wildman–Crippen MR) is 121 cm³/mol. The van der Waals surface area contributed by atoms with Gasteiger partial charge >= 0.3 is 0 Å². The van der Waals surface area contributed by atoms with E-state index in [4.69, 9.17) is 4.74 Å². The first-order valence-electron chi connectivity index (χ1n) is 10.6. The first-order valence-corrected chi connectivity index (χ1v) is 10.6. The van der Waals surface area contributed by atoms with Crippen LogP contribution in [0.1, 0.15) is 50.2 Å². The van der Waals surface area contributed by atoms with Gasteiger partial charge < -0.3 is 4.74 Å². The third kappa shape index (κ3) is 3.68. The Morgan fingerprint density at radius 2 is 1.84 bits per heavy atom. The van der Waals surface area contributed by atoms with Crippen LogP contribution in [0.2, 0.25) is 0 Å². The number of nitrogens with zero attached hydrogens (tertiary/aromatic N) is 2. The number of nitro benzene ring substituents is 1. The maximum absolute atomic E-state index is 13.5. The molecule has 0 N–H and O–H groups in total. The zero-order valence-electron chi connectivity index (χ0n) is 18.7. The number of amides is 1. The van der Waals surface area contributed by atoms with E-state index < -0.39 is 10.8 Å². The van der Waals surface area contributed by atoms with Gasteiger partial charge in [0.2, 0.25) is 5.91 Å². The van der Waals surface area contributed by atoms with Crippen molar-refractivity contribution in [2.75, 3.05) is 12.0 Å². The van der Waals surface area contributed by atoms with Crippen LogP contribution in [0.3, 0.4) is 0 Å². The Morgan fingerprint density at radius 3 is 2.53 bits per heavy atom. The number of benzene rings is 2. The summed E-state index contributed by atoms with van der Waals surface area (Å²) in [6, 6.07) is 12.2. The van der Waals surface area contributed by atoms with Crippen LogP contribution < -0.4 is 9.64 Å². The molecule has 1 atom stereocenters. The van der Waals surface area contributed by atoms with Gasteiger partial charge in [-0.25, -0.2) is 0 Å². The predicted octanol–water partition coefficient (Wildman–Crippen LogP) is 5.08. The molecule has 2 aromatic rings. The number of carbonyl (C=O) groups excluding carboxylic acids is 2. The molecule has 32 heavy (non-hydrogen) atoms. The summed E-state index contributed by atoms with van der Waals surface area (Å²) >= 11 is 0. The number of allylic oxidation sites excluding steroid dienone is 2. The summed E-state index contributed by atoms with van der Waals surface area (Å²) in [6.07, 6.45) is 0.863. The standard InChI is InChI=1S/C25H26N2O5/c1-15-9-10-18(19(11-15)27(30)31)26-20-13-25(2,3)14-21(28)24(20)17(12-23(26)29)16-7-5-6-8-22(16)32-4/h5-11,17H,12-14H2,1-4H3. The molecule has 1 aliphatic heterocycles. The molecule has 0 aromatic heterocycles. The smallest absolute Gasteiger partial charge is 0.293 e. The number of ketones is 1. The number of hydrogen-bond acceptors (Lipinski definition) is 5. The van der Waals surface area contributed by atoms with Gasteiger partial charge in [-0.05, 0) is 36.5 Å². The van der Waals surface area contributed by atoms with Crippen molar-refractivity contribution in [2.24, 2.45) is 5.41 Å². The number of methoxy groups -OCH3 is 1. The van der Waals surface area contributed by atoms with Gasteiger partial charge in [-0.1, -0.05) is 38.1 Å². The highest BCUT2D eigenvalue weighted by molar-refractivity contribution is 6.08. The second-order valence-electron chi connectivity index (χ2n) is 9.28. The van der Waals surface area contributed by atoms with E-state index in [-0.39, 0.29) is 34.9 Å². The summed E-state index contributed by atoms with van der Waals surface area (Å²) in [5, 5.41) is 11.8. The lowest BCUT2D eigenvalue weighted by molar-refractivity contribution is -0.384. The van der Waals surface area contributed by atoms with E-state index in [9.17, 15) is 19.7 Å². The fourth-order valence-electron chi connectivity index (χ4n) is 4.88. The van der Waals surface area contributed by atoms with Gasteiger partial charge in [0.05, 0.1) is 12.0 Å². The van der Waals surface area contributed by atoms with Crippen molar-refractivity contribution in [2.45, 2.75) is 46.0 Å². The molecule has 1 heterocycles. The minimum atomic E-state index is -0.474. The van der Waals surface area contributed by atoms with Crippen LogP contribution in [0.15, 0.2) is 53.7 Å². The van der Waals surface area contributed by atoms with E-state index in [1.54, 1.807) is 26.2 Å². The van der Waals surface area contributed by atoms with E-state index in [1.165, 1.54) is 11.0 Å². The molecule has 2 aliphatic rings. The van der Waals surface area contributed by atoms with Gasteiger partial charge in [-0.15, -0.1) is 0 Å². The lowest BCUT2D eigenvalue weighted by Gasteiger charge is -2.42. The third-order valence-corrected chi connectivity index (χ3v) is 6.23. The van der Waals surface area contributed by atoms with Crippen molar-refractivity contribution in [3.05, 3.63) is 75.0 Å². The number of carbonyl (C=O) groups is 2. The lowest BCUT2D eigenvalue weighted by Crippen LogP contribution is -2.44. The zero-order chi connectivity index (χ0) is 23.2. The SMILES string of the molecule is COc1ccccc1C1CC(=O)N(c2ccc(C)cc2[N+](=O)[O-])C2=C1C(=O)CC(C)(C)C2. The van der Waals surface area contributed by atoms with Crippen LogP contribution >= 0.6 is 0 Å². The van der Waals surface area contributed by atoms with Crippen LogP contribution in [-0.2, 0) is 9.59 Å². The Kier molecular flexibility index (Phi) is 5.36. The van der Waals surface area contributed by atoms with E-state index in [2.05, 4.69) is 0 Å². The molecule has 166 valence electrons. The molecule has 0 fully saturated rings. The minimum absolute atomic E-state index is 0.0283. The Balaban J connectivity index is 1.97. The summed E-state index contributed by atoms with van der Waals surface area (Å²) in [4.78, 5) is 39.7. The molecule has 0 saturated heterocycles. The van der Waals surface area contributed by atoms with Crippen LogP contribution in [-0.4, -0.2) is 23.7 Å². The van der Waals surface area contributed by atoms with Gasteiger partial charge in [0.15, 0.2) is 5.78 Å². The van der Waals surface area contributed by atoms with Crippen molar-refractivity contribution < 1.29 is 19.2 Å². The molecular formula is C25H26N2O5. The van der Waals surface area contributed by atoms with Crippen LogP contribution in [0, 0.1) is 22.5 Å². The molecule has 7 nitrogen and oxygen atoms in total. The van der Waals surface area contributed by atoms with Crippen molar-refractivity contribution in [1.82, 2.24) is 0 Å². The van der Waals surface area contributed by atoms with Gasteiger partial charge in [0, 0.05) is 41.7 Å². The topological polar surface area (TPSA) is 89.8 Å². The maximum Gasteiger partial charge on any atom is 0.293 e. The van der Waals surface area contributed by atoms with E-state index in [1.807, 2.05) is 38.1 Å². The summed E-state index contributed by atoms with van der Waals surface area (Å²) in [6.45, 7) is 5.73. The minimum Gasteiger partial charge on any atom is -0.496 e. The fourth-order valence-corrected chi connectivity index (χ4v) is 4.88. The number of hydrogen-bond donors (Lipinski definition) is 0. The highest BCUT2D eigenvalue weighted by atomic mass is 16.6. The molecule has 2 aromatic carbocycles. The summed E-state index contributed by atoms with van der Waals surface area (Å²) in [5.41, 5.74) is 2.33. The number of anilines is 1. The lowest BCUT2D eigenvalue weighted by atomic mass is 9.69. The molecule has 0 bridgehead atoms. The van der Waals surface area contributed by atoms with E-state index in [0.29, 0.717) is 29.9 Å². The van der Waals surface area contributed by atoms with Gasteiger partial charge in [0.1, 0.15) is 11.4 Å². The van der Waals surface area contributed by atoms with E-state index in [0.717, 1.165) is 11.1 Å². The summed E-state index contributed by atoms with van der Waals surface area (Å²) in [7, 11) is 1.56. The highest BCUT2D eigenvalue weighted by Crippen LogP contribution is 2.50. The van der Waals surface area contributed by atoms with Crippen LogP contribution in [0.25, 0.3) is 0 Å². The normalized spacial score (nSPS) is 20.2. The second-order valence-corrected chi connectivity index (χ2v) is 9.28. The van der Waals surface area contributed by atoms with Gasteiger partial charge in [0.25, 0.3) is 5.69 Å². The molecule has 7 heteroatoms. The largest absolute Gasteiger partial charge is 0.496 e. The second kappa shape index (κ2) is 7.89. The van der Waals surface area contributed by atoms with Gasteiger partial charge in [-0.2, -0.15) is 0 Å². The van der Waals surface area contributed by atoms with Crippen LogP contribution in [0.5, 0.6) is 5.75 Å². The van der Waals surface area contributed by atoms with E-state index >= 15 is 0 Å².